The van der Waals surface area contributed by atoms with Crippen molar-refractivity contribution >= 4 is 11.7 Å². The molecule has 2 aliphatic heterocycles. The molecule has 2 N–H and O–H groups in total. The maximum absolute atomic E-state index is 13.4. The van der Waals surface area contributed by atoms with Crippen LogP contribution in [0.25, 0.3) is 0 Å². The summed E-state index contributed by atoms with van der Waals surface area (Å²) in [5.41, 5.74) is 0.692. The average molecular weight is 366 g/mol. The highest BCUT2D eigenvalue weighted by atomic mass is 19.2. The Morgan fingerprint density at radius 1 is 1.19 bits per heavy atom. The number of rotatable bonds is 5. The molecule has 2 atom stereocenters. The minimum Gasteiger partial charge on any atom is -0.371 e. The topological polar surface area (TPSA) is 47.6 Å². The number of carbonyl (C=O) groups excluding carboxylic acids is 1. The van der Waals surface area contributed by atoms with Crippen molar-refractivity contribution in [3.05, 3.63) is 29.8 Å². The van der Waals surface area contributed by atoms with Gasteiger partial charge in [0.15, 0.2) is 11.6 Å². The van der Waals surface area contributed by atoms with Crippen LogP contribution in [0.5, 0.6) is 0 Å². The maximum Gasteiger partial charge on any atom is 0.315 e. The van der Waals surface area contributed by atoms with E-state index in [0.717, 1.165) is 58.1 Å². The first-order valence-corrected chi connectivity index (χ1v) is 9.52. The second-order valence-electron chi connectivity index (χ2n) is 7.29. The number of halogens is 2. The fourth-order valence-electron chi connectivity index (χ4n) is 3.85. The summed E-state index contributed by atoms with van der Waals surface area (Å²) in [6.45, 7) is 7.29. The summed E-state index contributed by atoms with van der Waals surface area (Å²) in [5.74, 6) is -1.34. The number of carbonyl (C=O) groups is 1. The molecule has 3 rings (SSSR count). The first kappa shape index (κ1) is 18.9. The molecule has 1 aromatic carbocycles. The summed E-state index contributed by atoms with van der Waals surface area (Å²) < 4.78 is 26.4. The van der Waals surface area contributed by atoms with Crippen LogP contribution in [0.1, 0.15) is 26.2 Å². The largest absolute Gasteiger partial charge is 0.371 e. The van der Waals surface area contributed by atoms with Gasteiger partial charge < -0.3 is 20.4 Å². The molecule has 0 spiro atoms. The number of likely N-dealkylation sites (N-methyl/N-ethyl adjacent to an activating group) is 1. The Kier molecular flexibility index (Phi) is 6.29. The van der Waals surface area contributed by atoms with Crippen molar-refractivity contribution in [1.29, 1.82) is 0 Å². The van der Waals surface area contributed by atoms with Gasteiger partial charge >= 0.3 is 6.03 Å². The van der Waals surface area contributed by atoms with Crippen molar-refractivity contribution in [2.45, 2.75) is 32.2 Å². The van der Waals surface area contributed by atoms with Gasteiger partial charge in [-0.05, 0) is 50.4 Å². The van der Waals surface area contributed by atoms with E-state index in [9.17, 15) is 13.6 Å². The molecule has 5 nitrogen and oxygen atoms in total. The average Bonchev–Trinajstić information content (AvgIpc) is 3.11. The van der Waals surface area contributed by atoms with E-state index in [2.05, 4.69) is 22.5 Å². The van der Waals surface area contributed by atoms with Gasteiger partial charge in [-0.2, -0.15) is 0 Å². The third-order valence-electron chi connectivity index (χ3n) is 5.39. The Hall–Kier alpha value is -1.89. The Morgan fingerprint density at radius 3 is 2.81 bits per heavy atom. The molecule has 2 aliphatic rings. The van der Waals surface area contributed by atoms with E-state index >= 15 is 0 Å². The lowest BCUT2D eigenvalue weighted by atomic mass is 10.1. The number of hydrogen-bond donors (Lipinski definition) is 2. The second kappa shape index (κ2) is 8.66. The van der Waals surface area contributed by atoms with Gasteiger partial charge in [0.25, 0.3) is 0 Å². The maximum atomic E-state index is 13.4. The van der Waals surface area contributed by atoms with Crippen LogP contribution >= 0.6 is 0 Å². The fraction of sp³-hybridized carbons (Fsp3) is 0.632. The van der Waals surface area contributed by atoms with E-state index in [-0.39, 0.29) is 12.1 Å². The Bertz CT molecular complexity index is 628. The van der Waals surface area contributed by atoms with E-state index < -0.39 is 11.6 Å². The van der Waals surface area contributed by atoms with Gasteiger partial charge in [0.2, 0.25) is 0 Å². The van der Waals surface area contributed by atoms with Gasteiger partial charge in [-0.3, -0.25) is 0 Å². The molecule has 0 aliphatic carbocycles. The van der Waals surface area contributed by atoms with Crippen LogP contribution in [-0.2, 0) is 0 Å². The van der Waals surface area contributed by atoms with E-state index in [1.807, 2.05) is 4.90 Å². The minimum atomic E-state index is -0.827. The van der Waals surface area contributed by atoms with Crippen LogP contribution in [-0.4, -0.2) is 56.2 Å². The Labute approximate surface area is 153 Å². The molecule has 0 radical (unpaired) electrons. The minimum absolute atomic E-state index is 0.112. The van der Waals surface area contributed by atoms with Crippen LogP contribution in [0.3, 0.4) is 0 Å². The molecule has 2 fully saturated rings. The summed E-state index contributed by atoms with van der Waals surface area (Å²) in [5, 5.41) is 6.04. The number of hydrogen-bond acceptors (Lipinski definition) is 3. The molecule has 0 saturated carbocycles. The highest BCUT2D eigenvalue weighted by Gasteiger charge is 2.25. The molecular formula is C19H28F2N4O. The summed E-state index contributed by atoms with van der Waals surface area (Å²) in [6, 6.07) is 4.10. The van der Waals surface area contributed by atoms with E-state index in [1.165, 1.54) is 6.07 Å². The zero-order valence-corrected chi connectivity index (χ0v) is 15.3. The molecule has 2 amide bonds. The Morgan fingerprint density at radius 2 is 2.04 bits per heavy atom. The summed E-state index contributed by atoms with van der Waals surface area (Å²) in [6.07, 6.45) is 3.06. The summed E-state index contributed by atoms with van der Waals surface area (Å²) in [4.78, 5) is 16.5. The third kappa shape index (κ3) is 4.84. The van der Waals surface area contributed by atoms with Crippen molar-refractivity contribution < 1.29 is 13.6 Å². The highest BCUT2D eigenvalue weighted by molar-refractivity contribution is 5.74. The zero-order chi connectivity index (χ0) is 18.5. The van der Waals surface area contributed by atoms with Gasteiger partial charge in [0.1, 0.15) is 0 Å². The second-order valence-corrected chi connectivity index (χ2v) is 7.29. The van der Waals surface area contributed by atoms with E-state index in [0.29, 0.717) is 18.2 Å². The normalized spacial score (nSPS) is 23.9. The van der Waals surface area contributed by atoms with E-state index in [4.69, 9.17) is 0 Å². The van der Waals surface area contributed by atoms with Gasteiger partial charge in [0.05, 0.1) is 0 Å². The molecule has 144 valence electrons. The van der Waals surface area contributed by atoms with Gasteiger partial charge in [0, 0.05) is 44.0 Å². The lowest BCUT2D eigenvalue weighted by Crippen LogP contribution is -2.51. The number of anilines is 1. The monoisotopic (exact) mass is 366 g/mol. The number of likely N-dealkylation sites (tertiary alicyclic amines) is 1. The molecule has 7 heteroatoms. The number of benzene rings is 1. The number of nitrogens with zero attached hydrogens (tertiary/aromatic N) is 2. The molecule has 0 bridgehead atoms. The lowest BCUT2D eigenvalue weighted by Gasteiger charge is -2.32. The highest BCUT2D eigenvalue weighted by Crippen LogP contribution is 2.25. The molecule has 0 aromatic heterocycles. The molecule has 26 heavy (non-hydrogen) atoms. The van der Waals surface area contributed by atoms with Crippen LogP contribution in [0.4, 0.5) is 19.3 Å². The van der Waals surface area contributed by atoms with Crippen LogP contribution in [0.2, 0.25) is 0 Å². The lowest BCUT2D eigenvalue weighted by molar-refractivity contribution is 0.192. The summed E-state index contributed by atoms with van der Waals surface area (Å²) >= 11 is 0. The number of nitrogens with one attached hydrogen (secondary N) is 2. The smallest absolute Gasteiger partial charge is 0.315 e. The fourth-order valence-corrected chi connectivity index (χ4v) is 3.85. The van der Waals surface area contributed by atoms with Crippen molar-refractivity contribution in [2.75, 3.05) is 44.2 Å². The van der Waals surface area contributed by atoms with Gasteiger partial charge in [-0.15, -0.1) is 0 Å². The number of amides is 2. The molecule has 0 unspecified atom stereocenters. The molecule has 1 aromatic rings. The van der Waals surface area contributed by atoms with Crippen LogP contribution in [0, 0.1) is 17.6 Å². The van der Waals surface area contributed by atoms with Gasteiger partial charge in [-0.25, -0.2) is 13.6 Å². The molecule has 2 heterocycles. The van der Waals surface area contributed by atoms with Crippen molar-refractivity contribution in [3.63, 3.8) is 0 Å². The first-order valence-electron chi connectivity index (χ1n) is 9.52. The Balaban J connectivity index is 1.41. The van der Waals surface area contributed by atoms with Crippen molar-refractivity contribution in [1.82, 2.24) is 15.5 Å². The number of piperidine rings is 1. The third-order valence-corrected chi connectivity index (χ3v) is 5.39. The standard InChI is InChI=1S/C19H28F2N4O/c1-2-24-8-3-4-15(13-24)23-19(26)22-11-14-7-9-25(12-14)16-5-6-17(20)18(21)10-16/h5-6,10,14-15H,2-4,7-9,11-13H2,1H3,(H2,22,23,26)/t14-,15-/m0/s1. The first-order chi connectivity index (χ1) is 12.5. The SMILES string of the molecule is CCN1CCC[C@H](NC(=O)NC[C@@H]2CCN(c3ccc(F)c(F)c3)C2)C1. The number of urea groups is 1. The zero-order valence-electron chi connectivity index (χ0n) is 15.3. The van der Waals surface area contributed by atoms with Crippen LogP contribution in [0.15, 0.2) is 18.2 Å². The van der Waals surface area contributed by atoms with Gasteiger partial charge in [-0.1, -0.05) is 6.92 Å². The summed E-state index contributed by atoms with van der Waals surface area (Å²) in [7, 11) is 0. The predicted octanol–water partition coefficient (Wildman–Crippen LogP) is 2.57. The van der Waals surface area contributed by atoms with Crippen molar-refractivity contribution in [3.8, 4) is 0 Å². The molecular weight excluding hydrogens is 338 g/mol. The molecule has 2 saturated heterocycles. The van der Waals surface area contributed by atoms with E-state index in [1.54, 1.807) is 6.07 Å². The predicted molar refractivity (Wildman–Crippen MR) is 98.3 cm³/mol. The van der Waals surface area contributed by atoms with Crippen molar-refractivity contribution in [2.24, 2.45) is 5.92 Å². The van der Waals surface area contributed by atoms with Crippen LogP contribution < -0.4 is 15.5 Å². The quantitative estimate of drug-likeness (QED) is 0.842.